The molecule has 0 spiro atoms. The average Bonchev–Trinajstić information content (AvgIpc) is 3.34. The first-order valence-corrected chi connectivity index (χ1v) is 9.63. The van der Waals surface area contributed by atoms with Crippen LogP contribution in [0.25, 0.3) is 0 Å². The fourth-order valence-corrected chi connectivity index (χ4v) is 3.99. The van der Waals surface area contributed by atoms with Gasteiger partial charge in [0, 0.05) is 6.54 Å². The number of rotatable bonds is 7. The second-order valence-corrected chi connectivity index (χ2v) is 7.33. The highest BCUT2D eigenvalue weighted by Gasteiger charge is 2.24. The Morgan fingerprint density at radius 3 is 2.88 bits per heavy atom. The Kier molecular flexibility index (Phi) is 6.04. The number of methoxy groups -OCH3 is 1. The number of hydrogen-bond acceptors (Lipinski definition) is 5. The summed E-state index contributed by atoms with van der Waals surface area (Å²) in [5.41, 5.74) is 1.18. The zero-order valence-corrected chi connectivity index (χ0v) is 15.6. The average molecular weight is 359 g/mol. The van der Waals surface area contributed by atoms with Gasteiger partial charge in [-0.05, 0) is 50.0 Å². The molecular formula is C19H25N3O2S. The zero-order valence-electron chi connectivity index (χ0n) is 14.8. The SMILES string of the molecule is CCc1ncc(C(=O)NCC(c2cccc(OC)c2)N2CCCC2)s1. The number of amides is 1. The number of ether oxygens (including phenoxy) is 1. The molecule has 0 radical (unpaired) electrons. The van der Waals surface area contributed by atoms with E-state index in [1.54, 1.807) is 13.3 Å². The van der Waals surface area contributed by atoms with Crippen molar-refractivity contribution in [2.24, 2.45) is 0 Å². The maximum absolute atomic E-state index is 12.5. The minimum Gasteiger partial charge on any atom is -0.497 e. The summed E-state index contributed by atoms with van der Waals surface area (Å²) in [6.45, 7) is 4.77. The molecule has 2 heterocycles. The van der Waals surface area contributed by atoms with Gasteiger partial charge in [0.25, 0.3) is 5.91 Å². The number of nitrogens with one attached hydrogen (secondary N) is 1. The third kappa shape index (κ3) is 4.38. The van der Waals surface area contributed by atoms with Crippen LogP contribution in [0.1, 0.15) is 46.0 Å². The summed E-state index contributed by atoms with van der Waals surface area (Å²) >= 11 is 1.47. The lowest BCUT2D eigenvalue weighted by molar-refractivity contribution is 0.0942. The standard InChI is InChI=1S/C19H25N3O2S/c1-3-18-20-13-17(25-18)19(23)21-12-16(22-9-4-5-10-22)14-7-6-8-15(11-14)24-2/h6-8,11,13,16H,3-5,9-10,12H2,1-2H3,(H,21,23). The number of thiazole rings is 1. The van der Waals surface area contributed by atoms with Crippen molar-refractivity contribution in [3.63, 3.8) is 0 Å². The molecule has 1 atom stereocenters. The quantitative estimate of drug-likeness (QED) is 0.824. The van der Waals surface area contributed by atoms with Gasteiger partial charge < -0.3 is 10.1 Å². The maximum atomic E-state index is 12.5. The molecule has 3 rings (SSSR count). The molecule has 25 heavy (non-hydrogen) atoms. The van der Waals surface area contributed by atoms with Gasteiger partial charge in [-0.1, -0.05) is 19.1 Å². The highest BCUT2D eigenvalue weighted by atomic mass is 32.1. The summed E-state index contributed by atoms with van der Waals surface area (Å²) in [6, 6.07) is 8.30. The van der Waals surface area contributed by atoms with E-state index in [0.29, 0.717) is 11.4 Å². The van der Waals surface area contributed by atoms with Crippen molar-refractivity contribution < 1.29 is 9.53 Å². The monoisotopic (exact) mass is 359 g/mol. The minimum atomic E-state index is -0.0377. The number of carbonyl (C=O) groups excluding carboxylic acids is 1. The van der Waals surface area contributed by atoms with Crippen molar-refractivity contribution in [3.8, 4) is 5.75 Å². The Bertz CT molecular complexity index is 710. The van der Waals surface area contributed by atoms with Crippen LogP contribution in [0.15, 0.2) is 30.5 Å². The summed E-state index contributed by atoms with van der Waals surface area (Å²) in [7, 11) is 1.68. The van der Waals surface area contributed by atoms with Gasteiger partial charge in [-0.25, -0.2) is 4.98 Å². The normalized spacial score (nSPS) is 15.9. The van der Waals surface area contributed by atoms with E-state index in [9.17, 15) is 4.79 Å². The first-order valence-electron chi connectivity index (χ1n) is 8.82. The molecular weight excluding hydrogens is 334 g/mol. The van der Waals surface area contributed by atoms with E-state index >= 15 is 0 Å². The third-order valence-electron chi connectivity index (χ3n) is 4.60. The summed E-state index contributed by atoms with van der Waals surface area (Å²) in [5.74, 6) is 0.812. The van der Waals surface area contributed by atoms with Crippen LogP contribution in [-0.4, -0.2) is 42.5 Å². The number of aromatic nitrogens is 1. The van der Waals surface area contributed by atoms with E-state index in [1.165, 1.54) is 29.7 Å². The Balaban J connectivity index is 1.72. The van der Waals surface area contributed by atoms with E-state index in [2.05, 4.69) is 27.3 Å². The Morgan fingerprint density at radius 2 is 2.20 bits per heavy atom. The number of aryl methyl sites for hydroxylation is 1. The fourth-order valence-electron chi connectivity index (χ4n) is 3.21. The van der Waals surface area contributed by atoms with Crippen LogP contribution < -0.4 is 10.1 Å². The molecule has 0 bridgehead atoms. The molecule has 1 aliphatic rings. The van der Waals surface area contributed by atoms with Crippen molar-refractivity contribution in [1.82, 2.24) is 15.2 Å². The third-order valence-corrected chi connectivity index (χ3v) is 5.74. The van der Waals surface area contributed by atoms with Crippen molar-refractivity contribution in [2.75, 3.05) is 26.7 Å². The van der Waals surface area contributed by atoms with Gasteiger partial charge in [-0.3, -0.25) is 9.69 Å². The number of benzene rings is 1. The van der Waals surface area contributed by atoms with Gasteiger partial charge in [-0.2, -0.15) is 0 Å². The molecule has 2 aromatic rings. The Hall–Kier alpha value is -1.92. The van der Waals surface area contributed by atoms with Crippen molar-refractivity contribution in [3.05, 3.63) is 45.9 Å². The Morgan fingerprint density at radius 1 is 1.40 bits per heavy atom. The molecule has 1 fully saturated rings. The van der Waals surface area contributed by atoms with Gasteiger partial charge in [0.15, 0.2) is 0 Å². The summed E-state index contributed by atoms with van der Waals surface area (Å²) < 4.78 is 5.37. The lowest BCUT2D eigenvalue weighted by Gasteiger charge is -2.28. The second-order valence-electron chi connectivity index (χ2n) is 6.22. The lowest BCUT2D eigenvalue weighted by atomic mass is 10.0. The van der Waals surface area contributed by atoms with Crippen molar-refractivity contribution in [2.45, 2.75) is 32.2 Å². The second kappa shape index (κ2) is 8.45. The largest absolute Gasteiger partial charge is 0.497 e. The van der Waals surface area contributed by atoms with E-state index in [4.69, 9.17) is 4.74 Å². The maximum Gasteiger partial charge on any atom is 0.263 e. The van der Waals surface area contributed by atoms with Gasteiger partial charge in [0.05, 0.1) is 24.4 Å². The summed E-state index contributed by atoms with van der Waals surface area (Å²) in [5, 5.41) is 4.09. The molecule has 1 aromatic heterocycles. The molecule has 1 N–H and O–H groups in total. The molecule has 1 unspecified atom stereocenters. The summed E-state index contributed by atoms with van der Waals surface area (Å²) in [4.78, 5) is 19.9. The van der Waals surface area contributed by atoms with E-state index < -0.39 is 0 Å². The first kappa shape index (κ1) is 17.9. The molecule has 6 heteroatoms. The van der Waals surface area contributed by atoms with Crippen molar-refractivity contribution in [1.29, 1.82) is 0 Å². The predicted molar refractivity (Wildman–Crippen MR) is 100 cm³/mol. The Labute approximate surface area is 153 Å². The molecule has 1 saturated heterocycles. The van der Waals surface area contributed by atoms with E-state index in [0.717, 1.165) is 30.3 Å². The van der Waals surface area contributed by atoms with E-state index in [1.807, 2.05) is 19.1 Å². The molecule has 134 valence electrons. The number of hydrogen-bond donors (Lipinski definition) is 1. The number of carbonyl (C=O) groups is 1. The van der Waals surface area contributed by atoms with Crippen LogP contribution in [0.5, 0.6) is 5.75 Å². The smallest absolute Gasteiger partial charge is 0.263 e. The first-order chi connectivity index (χ1) is 12.2. The summed E-state index contributed by atoms with van der Waals surface area (Å²) in [6.07, 6.45) is 4.96. The van der Waals surface area contributed by atoms with Crippen LogP contribution in [0.4, 0.5) is 0 Å². The highest BCUT2D eigenvalue weighted by molar-refractivity contribution is 7.13. The molecule has 1 amide bonds. The molecule has 1 aromatic carbocycles. The predicted octanol–water partition coefficient (Wildman–Crippen LogP) is 3.28. The van der Waals surface area contributed by atoms with Crippen LogP contribution >= 0.6 is 11.3 Å². The van der Waals surface area contributed by atoms with Crippen LogP contribution in [0.2, 0.25) is 0 Å². The number of likely N-dealkylation sites (tertiary alicyclic amines) is 1. The van der Waals surface area contributed by atoms with Gasteiger partial charge >= 0.3 is 0 Å². The zero-order chi connectivity index (χ0) is 17.6. The molecule has 0 saturated carbocycles. The van der Waals surface area contributed by atoms with Crippen LogP contribution in [0, 0.1) is 0 Å². The molecule has 0 aliphatic carbocycles. The molecule has 5 nitrogen and oxygen atoms in total. The fraction of sp³-hybridized carbons (Fsp3) is 0.474. The lowest BCUT2D eigenvalue weighted by Crippen LogP contribution is -2.36. The topological polar surface area (TPSA) is 54.5 Å². The highest BCUT2D eigenvalue weighted by Crippen LogP contribution is 2.27. The van der Waals surface area contributed by atoms with Crippen LogP contribution in [0.3, 0.4) is 0 Å². The number of nitrogens with zero attached hydrogens (tertiary/aromatic N) is 2. The van der Waals surface area contributed by atoms with Crippen molar-refractivity contribution >= 4 is 17.2 Å². The van der Waals surface area contributed by atoms with Gasteiger partial charge in [-0.15, -0.1) is 11.3 Å². The van der Waals surface area contributed by atoms with E-state index in [-0.39, 0.29) is 11.9 Å². The minimum absolute atomic E-state index is 0.0377. The van der Waals surface area contributed by atoms with Crippen LogP contribution in [-0.2, 0) is 6.42 Å². The molecule has 1 aliphatic heterocycles. The van der Waals surface area contributed by atoms with Gasteiger partial charge in [0.2, 0.25) is 0 Å². The van der Waals surface area contributed by atoms with Gasteiger partial charge in [0.1, 0.15) is 10.6 Å².